The van der Waals surface area contributed by atoms with E-state index in [1.54, 1.807) is 12.1 Å². The van der Waals surface area contributed by atoms with E-state index in [9.17, 15) is 30.8 Å². The minimum absolute atomic E-state index is 0.124. The van der Waals surface area contributed by atoms with E-state index >= 15 is 0 Å². The molecular weight excluding hydrogens is 388 g/mol. The van der Waals surface area contributed by atoms with Crippen LogP contribution in [0.3, 0.4) is 0 Å². The van der Waals surface area contributed by atoms with Crippen molar-refractivity contribution < 1.29 is 30.8 Å². The zero-order chi connectivity index (χ0) is 20.1. The highest BCUT2D eigenvalue weighted by Crippen LogP contribution is 2.17. The van der Waals surface area contributed by atoms with Gasteiger partial charge < -0.3 is 5.32 Å². The normalized spacial score (nSPS) is 12.0. The first-order valence-corrected chi connectivity index (χ1v) is 9.24. The molecule has 0 aromatic heterocycles. The van der Waals surface area contributed by atoms with Crippen LogP contribution in [0.2, 0.25) is 0 Å². The Morgan fingerprint density at radius 3 is 2.11 bits per heavy atom. The number of nitrogens with one attached hydrogen (secondary N) is 2. The molecule has 0 saturated heterocycles. The molecule has 0 saturated carbocycles. The molecule has 2 aromatic rings. The van der Waals surface area contributed by atoms with E-state index < -0.39 is 22.7 Å². The topological polar surface area (TPSA) is 75.3 Å². The number of rotatable bonds is 7. The van der Waals surface area contributed by atoms with Crippen molar-refractivity contribution in [2.24, 2.45) is 0 Å². The summed E-state index contributed by atoms with van der Waals surface area (Å²) in [7, 11) is -4.30. The third-order valence-corrected chi connectivity index (χ3v) is 4.88. The first-order valence-electron chi connectivity index (χ1n) is 7.76. The molecule has 0 fully saturated rings. The number of anilines is 1. The molecule has 1 amide bonds. The van der Waals surface area contributed by atoms with Crippen LogP contribution >= 0.6 is 0 Å². The highest BCUT2D eigenvalue weighted by Gasteiger charge is 2.30. The highest BCUT2D eigenvalue weighted by molar-refractivity contribution is 7.89. The molecule has 2 aromatic carbocycles. The van der Waals surface area contributed by atoms with Gasteiger partial charge in [-0.15, -0.1) is 0 Å². The second kappa shape index (κ2) is 8.49. The third-order valence-electron chi connectivity index (χ3n) is 3.47. The highest BCUT2D eigenvalue weighted by atomic mass is 32.2. The SMILES string of the molecule is O=C(CCc1ccc(F)cc1)Nc1ccc(S(=O)(=O)NCC(F)(F)F)cc1. The molecule has 0 atom stereocenters. The van der Waals surface area contributed by atoms with Gasteiger partial charge in [0, 0.05) is 12.1 Å². The Bertz CT molecular complexity index is 880. The molecule has 0 unspecified atom stereocenters. The number of halogens is 4. The Kier molecular flexibility index (Phi) is 6.55. The second-order valence-corrected chi connectivity index (χ2v) is 7.41. The van der Waals surface area contributed by atoms with Gasteiger partial charge in [0.15, 0.2) is 0 Å². The van der Waals surface area contributed by atoms with E-state index in [0.29, 0.717) is 12.1 Å². The van der Waals surface area contributed by atoms with Crippen LogP contribution in [0.1, 0.15) is 12.0 Å². The molecule has 0 bridgehead atoms. The lowest BCUT2D eigenvalue weighted by atomic mass is 10.1. The molecule has 0 radical (unpaired) electrons. The number of aryl methyl sites for hydroxylation is 1. The van der Waals surface area contributed by atoms with E-state index in [1.165, 1.54) is 29.0 Å². The van der Waals surface area contributed by atoms with Crippen molar-refractivity contribution >= 4 is 21.6 Å². The number of alkyl halides is 3. The minimum Gasteiger partial charge on any atom is -0.326 e. The fourth-order valence-corrected chi connectivity index (χ4v) is 3.12. The fourth-order valence-electron chi connectivity index (χ4n) is 2.11. The van der Waals surface area contributed by atoms with Crippen molar-refractivity contribution in [2.45, 2.75) is 23.9 Å². The maximum atomic E-state index is 12.8. The van der Waals surface area contributed by atoms with Gasteiger partial charge in [0.25, 0.3) is 0 Å². The monoisotopic (exact) mass is 404 g/mol. The lowest BCUT2D eigenvalue weighted by molar-refractivity contribution is -0.121. The maximum absolute atomic E-state index is 12.8. The van der Waals surface area contributed by atoms with Gasteiger partial charge in [-0.1, -0.05) is 12.1 Å². The third kappa shape index (κ3) is 6.99. The first kappa shape index (κ1) is 20.8. The van der Waals surface area contributed by atoms with Crippen molar-refractivity contribution in [1.82, 2.24) is 4.72 Å². The first-order chi connectivity index (χ1) is 12.5. The van der Waals surface area contributed by atoms with Gasteiger partial charge in [0.05, 0.1) is 4.90 Å². The molecule has 2 rings (SSSR count). The zero-order valence-corrected chi connectivity index (χ0v) is 14.7. The summed E-state index contributed by atoms with van der Waals surface area (Å²) in [6, 6.07) is 10.4. The molecule has 2 N–H and O–H groups in total. The van der Waals surface area contributed by atoms with Gasteiger partial charge in [0.1, 0.15) is 12.4 Å². The van der Waals surface area contributed by atoms with Crippen LogP contribution in [0.15, 0.2) is 53.4 Å². The predicted molar refractivity (Wildman–Crippen MR) is 91.0 cm³/mol. The Morgan fingerprint density at radius 1 is 0.963 bits per heavy atom. The van der Waals surface area contributed by atoms with Crippen LogP contribution in [0, 0.1) is 5.82 Å². The van der Waals surface area contributed by atoms with E-state index in [2.05, 4.69) is 5.32 Å². The summed E-state index contributed by atoms with van der Waals surface area (Å²) >= 11 is 0. The van der Waals surface area contributed by atoms with Crippen molar-refractivity contribution in [3.05, 3.63) is 59.9 Å². The molecular formula is C17H16F4N2O3S. The van der Waals surface area contributed by atoms with Crippen LogP contribution in [0.5, 0.6) is 0 Å². The van der Waals surface area contributed by atoms with Gasteiger partial charge in [0.2, 0.25) is 15.9 Å². The molecule has 0 heterocycles. The number of hydrogen-bond donors (Lipinski definition) is 2. The van der Waals surface area contributed by atoms with Crippen LogP contribution in [-0.4, -0.2) is 27.0 Å². The average molecular weight is 404 g/mol. The molecule has 10 heteroatoms. The van der Waals surface area contributed by atoms with Crippen molar-refractivity contribution in [3.8, 4) is 0 Å². The van der Waals surface area contributed by atoms with Gasteiger partial charge in [-0.05, 0) is 48.4 Å². The number of benzene rings is 2. The number of amides is 1. The quantitative estimate of drug-likeness (QED) is 0.696. The molecule has 146 valence electrons. The Labute approximate surface area is 153 Å². The lowest BCUT2D eigenvalue weighted by Crippen LogP contribution is -2.33. The largest absolute Gasteiger partial charge is 0.402 e. The van der Waals surface area contributed by atoms with Crippen molar-refractivity contribution in [2.75, 3.05) is 11.9 Å². The molecule has 27 heavy (non-hydrogen) atoms. The van der Waals surface area contributed by atoms with Crippen LogP contribution < -0.4 is 10.0 Å². The fraction of sp³-hybridized carbons (Fsp3) is 0.235. The molecule has 0 spiro atoms. The summed E-state index contributed by atoms with van der Waals surface area (Å²) < 4.78 is 74.2. The molecule has 0 aliphatic carbocycles. The van der Waals surface area contributed by atoms with Crippen LogP contribution in [0.4, 0.5) is 23.2 Å². The van der Waals surface area contributed by atoms with Gasteiger partial charge in [-0.3, -0.25) is 4.79 Å². The van der Waals surface area contributed by atoms with Crippen molar-refractivity contribution in [1.29, 1.82) is 0 Å². The van der Waals surface area contributed by atoms with E-state index in [1.807, 2.05) is 0 Å². The van der Waals surface area contributed by atoms with Gasteiger partial charge >= 0.3 is 6.18 Å². The van der Waals surface area contributed by atoms with Crippen LogP contribution in [0.25, 0.3) is 0 Å². The van der Waals surface area contributed by atoms with Crippen LogP contribution in [-0.2, 0) is 21.2 Å². The van der Waals surface area contributed by atoms with E-state index in [0.717, 1.165) is 17.7 Å². The van der Waals surface area contributed by atoms with Gasteiger partial charge in [-0.25, -0.2) is 17.5 Å². The Morgan fingerprint density at radius 2 is 1.56 bits per heavy atom. The van der Waals surface area contributed by atoms with Crippen molar-refractivity contribution in [3.63, 3.8) is 0 Å². The second-order valence-electron chi connectivity index (χ2n) is 5.64. The molecule has 0 aliphatic heterocycles. The molecule has 5 nitrogen and oxygen atoms in total. The summed E-state index contributed by atoms with van der Waals surface area (Å²) in [5.41, 5.74) is 1.08. The Hall–Kier alpha value is -2.46. The number of sulfonamides is 1. The number of carbonyl (C=O) groups excluding carboxylic acids is 1. The summed E-state index contributed by atoms with van der Waals surface area (Å²) in [4.78, 5) is 11.6. The average Bonchev–Trinajstić information content (AvgIpc) is 2.60. The zero-order valence-electron chi connectivity index (χ0n) is 13.9. The smallest absolute Gasteiger partial charge is 0.326 e. The summed E-state index contributed by atoms with van der Waals surface area (Å²) in [5, 5.41) is 2.55. The maximum Gasteiger partial charge on any atom is 0.402 e. The standard InChI is InChI=1S/C17H16F4N2O3S/c18-13-4-1-12(2-5-13)3-10-16(24)23-14-6-8-15(9-7-14)27(25,26)22-11-17(19,20)21/h1-2,4-9,22H,3,10-11H2,(H,23,24). The summed E-state index contributed by atoms with van der Waals surface area (Å²) in [5.74, 6) is -0.715. The van der Waals surface area contributed by atoms with Gasteiger partial charge in [-0.2, -0.15) is 13.2 Å². The van der Waals surface area contributed by atoms with E-state index in [-0.39, 0.29) is 23.0 Å². The van der Waals surface area contributed by atoms with E-state index in [4.69, 9.17) is 0 Å². The minimum atomic E-state index is -4.66. The summed E-state index contributed by atoms with van der Waals surface area (Å²) in [6.07, 6.45) is -4.15. The Balaban J connectivity index is 1.90. The predicted octanol–water partition coefficient (Wildman–Crippen LogP) is 3.24. The number of hydrogen-bond acceptors (Lipinski definition) is 3. The lowest BCUT2D eigenvalue weighted by Gasteiger charge is -2.10. The number of carbonyl (C=O) groups is 1. The summed E-state index contributed by atoms with van der Waals surface area (Å²) in [6.45, 7) is -1.67. The molecule has 0 aliphatic rings.